The summed E-state index contributed by atoms with van der Waals surface area (Å²) in [4.78, 5) is 28.6. The number of H-pyrrole nitrogens is 1. The van der Waals surface area contributed by atoms with Crippen molar-refractivity contribution < 1.29 is 0 Å². The number of nitrogens with one attached hydrogen (secondary N) is 2. The maximum absolute atomic E-state index is 13.1. The average Bonchev–Trinajstić information content (AvgIpc) is 2.87. The lowest BCUT2D eigenvalue weighted by Crippen LogP contribution is -2.33. The molecule has 1 aliphatic carbocycles. The number of rotatable bonds is 6. The van der Waals surface area contributed by atoms with Gasteiger partial charge in [0.2, 0.25) is 5.95 Å². The minimum absolute atomic E-state index is 0.103. The van der Waals surface area contributed by atoms with E-state index in [-0.39, 0.29) is 5.56 Å². The van der Waals surface area contributed by atoms with Crippen LogP contribution in [-0.4, -0.2) is 39.0 Å². The van der Waals surface area contributed by atoms with Crippen LogP contribution in [0.2, 0.25) is 0 Å². The number of piperidine rings is 1. The summed E-state index contributed by atoms with van der Waals surface area (Å²) in [5, 5.41) is 4.48. The van der Waals surface area contributed by atoms with E-state index in [1.807, 2.05) is 37.3 Å². The first kappa shape index (κ1) is 22.9. The Kier molecular flexibility index (Phi) is 6.28. The van der Waals surface area contributed by atoms with Crippen LogP contribution in [0.4, 0.5) is 5.95 Å². The standard InChI is InChI=1S/C30H33N5O/c1-20-8-5-6-13-24(20)25-18-26-27(22-14-16-35(17-15-22)19-21-9-3-2-4-10-21)32-30(31-23-11-7-12-23)34-28(26)33-29(25)36/h2-6,8-10,13,18,22-23H,7,11-12,14-17,19H2,1H3,(H2,31,32,33,34,36). The number of anilines is 1. The molecular formula is C30H33N5O. The van der Waals surface area contributed by atoms with Gasteiger partial charge in [-0.2, -0.15) is 4.98 Å². The van der Waals surface area contributed by atoms with Crippen molar-refractivity contribution in [2.24, 2.45) is 0 Å². The number of pyridine rings is 1. The average molecular weight is 480 g/mol. The molecule has 0 amide bonds. The third-order valence-corrected chi connectivity index (χ3v) is 7.84. The number of likely N-dealkylation sites (tertiary alicyclic amines) is 1. The topological polar surface area (TPSA) is 73.9 Å². The predicted molar refractivity (Wildman–Crippen MR) is 145 cm³/mol. The zero-order chi connectivity index (χ0) is 24.5. The van der Waals surface area contributed by atoms with Crippen LogP contribution in [0.5, 0.6) is 0 Å². The molecule has 36 heavy (non-hydrogen) atoms. The number of nitrogens with zero attached hydrogens (tertiary/aromatic N) is 3. The van der Waals surface area contributed by atoms with Gasteiger partial charge in [-0.15, -0.1) is 0 Å². The van der Waals surface area contributed by atoms with E-state index in [0.29, 0.717) is 29.1 Å². The Morgan fingerprint density at radius 1 is 0.944 bits per heavy atom. The van der Waals surface area contributed by atoms with Gasteiger partial charge >= 0.3 is 0 Å². The SMILES string of the molecule is Cc1ccccc1-c1cc2c(C3CCN(Cc4ccccc4)CC3)nc(NC3CCC3)nc2[nH]c1=O. The molecule has 2 aromatic carbocycles. The van der Waals surface area contributed by atoms with E-state index in [2.05, 4.69) is 45.5 Å². The lowest BCUT2D eigenvalue weighted by Gasteiger charge is -2.32. The molecule has 1 saturated carbocycles. The van der Waals surface area contributed by atoms with Gasteiger partial charge < -0.3 is 10.3 Å². The smallest absolute Gasteiger partial charge is 0.257 e. The van der Waals surface area contributed by atoms with Crippen LogP contribution in [-0.2, 0) is 6.54 Å². The number of hydrogen-bond acceptors (Lipinski definition) is 5. The summed E-state index contributed by atoms with van der Waals surface area (Å²) in [5.41, 5.74) is 5.68. The van der Waals surface area contributed by atoms with Crippen LogP contribution < -0.4 is 10.9 Å². The molecule has 2 fully saturated rings. The van der Waals surface area contributed by atoms with Crippen molar-refractivity contribution in [2.45, 2.75) is 57.5 Å². The van der Waals surface area contributed by atoms with Crippen molar-refractivity contribution in [1.82, 2.24) is 19.9 Å². The lowest BCUT2D eigenvalue weighted by molar-refractivity contribution is 0.204. The Hall–Kier alpha value is -3.51. The van der Waals surface area contributed by atoms with Crippen LogP contribution in [0.3, 0.4) is 0 Å². The quantitative estimate of drug-likeness (QED) is 0.375. The maximum atomic E-state index is 13.1. The minimum Gasteiger partial charge on any atom is -0.351 e. The largest absolute Gasteiger partial charge is 0.351 e. The highest BCUT2D eigenvalue weighted by atomic mass is 16.1. The minimum atomic E-state index is -0.103. The summed E-state index contributed by atoms with van der Waals surface area (Å²) < 4.78 is 0. The molecule has 184 valence electrons. The molecule has 4 aromatic rings. The van der Waals surface area contributed by atoms with Crippen molar-refractivity contribution in [2.75, 3.05) is 18.4 Å². The molecule has 3 heterocycles. The summed E-state index contributed by atoms with van der Waals surface area (Å²) >= 11 is 0. The zero-order valence-electron chi connectivity index (χ0n) is 20.8. The van der Waals surface area contributed by atoms with Crippen molar-refractivity contribution in [3.8, 4) is 11.1 Å². The van der Waals surface area contributed by atoms with E-state index >= 15 is 0 Å². The Morgan fingerprint density at radius 3 is 2.42 bits per heavy atom. The van der Waals surface area contributed by atoms with E-state index in [1.165, 1.54) is 12.0 Å². The number of fused-ring (bicyclic) bond motifs is 1. The van der Waals surface area contributed by atoms with Crippen LogP contribution in [0.25, 0.3) is 22.2 Å². The molecule has 0 unspecified atom stereocenters. The second-order valence-corrected chi connectivity index (χ2v) is 10.3. The van der Waals surface area contributed by atoms with Crippen molar-refractivity contribution >= 4 is 17.0 Å². The maximum Gasteiger partial charge on any atom is 0.257 e. The van der Waals surface area contributed by atoms with Gasteiger partial charge in [-0.25, -0.2) is 4.98 Å². The molecule has 2 N–H and O–H groups in total. The molecule has 6 nitrogen and oxygen atoms in total. The highest BCUT2D eigenvalue weighted by Gasteiger charge is 2.26. The van der Waals surface area contributed by atoms with Crippen molar-refractivity contribution in [1.29, 1.82) is 0 Å². The molecular weight excluding hydrogens is 446 g/mol. The Labute approximate surface area is 211 Å². The summed E-state index contributed by atoms with van der Waals surface area (Å²) in [5.74, 6) is 0.980. The second-order valence-electron chi connectivity index (χ2n) is 10.3. The van der Waals surface area contributed by atoms with Gasteiger partial charge in [0.1, 0.15) is 5.65 Å². The number of aryl methyl sites for hydroxylation is 1. The van der Waals surface area contributed by atoms with Gasteiger partial charge in [0.25, 0.3) is 5.56 Å². The normalized spacial score (nSPS) is 17.2. The number of aromatic nitrogens is 3. The molecule has 6 heteroatoms. The first-order valence-electron chi connectivity index (χ1n) is 13.2. The summed E-state index contributed by atoms with van der Waals surface area (Å²) in [6.07, 6.45) is 5.63. The van der Waals surface area contributed by atoms with Gasteiger partial charge in [0.15, 0.2) is 0 Å². The van der Waals surface area contributed by atoms with Gasteiger partial charge in [-0.05, 0) is 74.9 Å². The third kappa shape index (κ3) is 4.65. The van der Waals surface area contributed by atoms with Gasteiger partial charge in [0, 0.05) is 29.5 Å². The van der Waals surface area contributed by atoms with Crippen molar-refractivity contribution in [3.63, 3.8) is 0 Å². The molecule has 0 atom stereocenters. The summed E-state index contributed by atoms with van der Waals surface area (Å²) in [6, 6.07) is 21.2. The van der Waals surface area contributed by atoms with Crippen LogP contribution in [0, 0.1) is 6.92 Å². The van der Waals surface area contributed by atoms with E-state index in [0.717, 1.165) is 67.5 Å². The fourth-order valence-corrected chi connectivity index (χ4v) is 5.50. The molecule has 0 bridgehead atoms. The highest BCUT2D eigenvalue weighted by Crippen LogP contribution is 2.34. The summed E-state index contributed by atoms with van der Waals surface area (Å²) in [7, 11) is 0. The molecule has 0 spiro atoms. The van der Waals surface area contributed by atoms with Crippen LogP contribution in [0.1, 0.15) is 54.8 Å². The van der Waals surface area contributed by atoms with E-state index in [4.69, 9.17) is 9.97 Å². The predicted octanol–water partition coefficient (Wildman–Crippen LogP) is 5.64. The monoisotopic (exact) mass is 479 g/mol. The Balaban J connectivity index is 1.35. The Bertz CT molecular complexity index is 1420. The molecule has 6 rings (SSSR count). The van der Waals surface area contributed by atoms with Gasteiger partial charge in [-0.1, -0.05) is 54.6 Å². The zero-order valence-corrected chi connectivity index (χ0v) is 20.8. The number of aromatic amines is 1. The van der Waals surface area contributed by atoms with Crippen molar-refractivity contribution in [3.05, 3.63) is 87.8 Å². The molecule has 1 saturated heterocycles. The van der Waals surface area contributed by atoms with Gasteiger partial charge in [0.05, 0.1) is 5.69 Å². The van der Waals surface area contributed by atoms with Crippen LogP contribution >= 0.6 is 0 Å². The molecule has 2 aromatic heterocycles. The first-order chi connectivity index (χ1) is 17.6. The summed E-state index contributed by atoms with van der Waals surface area (Å²) in [6.45, 7) is 5.09. The number of benzene rings is 2. The van der Waals surface area contributed by atoms with E-state index < -0.39 is 0 Å². The van der Waals surface area contributed by atoms with E-state index in [1.54, 1.807) is 0 Å². The molecule has 1 aliphatic heterocycles. The Morgan fingerprint density at radius 2 is 1.69 bits per heavy atom. The van der Waals surface area contributed by atoms with Gasteiger partial charge in [-0.3, -0.25) is 9.69 Å². The van der Waals surface area contributed by atoms with Crippen LogP contribution in [0.15, 0.2) is 65.5 Å². The fourth-order valence-electron chi connectivity index (χ4n) is 5.50. The molecule has 0 radical (unpaired) electrons. The first-order valence-corrected chi connectivity index (χ1v) is 13.2. The van der Waals surface area contributed by atoms with E-state index in [9.17, 15) is 4.79 Å². The second kappa shape index (κ2) is 9.86. The fraction of sp³-hybridized carbons (Fsp3) is 0.367. The molecule has 2 aliphatic rings. The lowest BCUT2D eigenvalue weighted by atomic mass is 9.90. The third-order valence-electron chi connectivity index (χ3n) is 7.84. The number of hydrogen-bond donors (Lipinski definition) is 2. The highest BCUT2D eigenvalue weighted by molar-refractivity contribution is 5.84.